The Morgan fingerprint density at radius 1 is 0.848 bits per heavy atom. The van der Waals surface area contributed by atoms with E-state index in [0.717, 1.165) is 20.8 Å². The Kier molecular flexibility index (Phi) is 13.3. The number of nitrogens with one attached hydrogen (secondary N) is 1. The van der Waals surface area contributed by atoms with Crippen LogP contribution in [0.3, 0.4) is 0 Å². The van der Waals surface area contributed by atoms with Crippen LogP contribution in [0.25, 0.3) is 0 Å². The van der Waals surface area contributed by atoms with Crippen LogP contribution in [0.2, 0.25) is 0 Å². The molecule has 66 heavy (non-hydrogen) atoms. The van der Waals surface area contributed by atoms with E-state index in [1.807, 2.05) is 49.4 Å². The first-order valence-electron chi connectivity index (χ1n) is 22.3. The van der Waals surface area contributed by atoms with E-state index in [1.54, 1.807) is 6.07 Å². The first kappa shape index (κ1) is 46.6. The smallest absolute Gasteiger partial charge is 0.253 e. The number of halogens is 2. The second-order valence-electron chi connectivity index (χ2n) is 17.7. The Morgan fingerprint density at radius 2 is 1.53 bits per heavy atom. The maximum Gasteiger partial charge on any atom is 0.253 e. The average Bonchev–Trinajstić information content (AvgIpc) is 3.93. The predicted octanol–water partition coefficient (Wildman–Crippen LogP) is 4.57. The summed E-state index contributed by atoms with van der Waals surface area (Å²) in [6, 6.07) is 14.9. The number of Topliss-reactive ketones (excluding diaryl/α,β-unsaturated/α-hetero) is 1. The molecular weight excluding hydrogens is 883 g/mol. The molecule has 0 aromatic heterocycles. The quantitative estimate of drug-likeness (QED) is 0.131. The van der Waals surface area contributed by atoms with Gasteiger partial charge in [-0.3, -0.25) is 28.9 Å². The average molecular weight is 935 g/mol. The molecule has 0 radical (unpaired) electrons. The van der Waals surface area contributed by atoms with Crippen LogP contribution < -0.4 is 5.32 Å². The van der Waals surface area contributed by atoms with Gasteiger partial charge in [0.15, 0.2) is 29.1 Å². The molecule has 2 aromatic carbocycles. The van der Waals surface area contributed by atoms with Crippen molar-refractivity contribution in [3.05, 3.63) is 90.0 Å². The number of nitrogens with zero attached hydrogens (tertiary/aromatic N) is 1. The zero-order chi connectivity index (χ0) is 46.3. The summed E-state index contributed by atoms with van der Waals surface area (Å²) < 4.78 is 74.6. The van der Waals surface area contributed by atoms with Gasteiger partial charge in [-0.1, -0.05) is 36.9 Å². The fourth-order valence-corrected chi connectivity index (χ4v) is 12.1. The third-order valence-electron chi connectivity index (χ3n) is 14.2. The lowest BCUT2D eigenvalue weighted by Crippen LogP contribution is -2.82. The first-order chi connectivity index (χ1) is 31.8. The van der Waals surface area contributed by atoms with Gasteiger partial charge in [0.1, 0.15) is 18.4 Å². The SMILES string of the molecule is C[C@]12C[C@@H]3O[C@]45C=CC(=O)C=C4[C@@H](F)C[C@@H](C1C[C@H]1O[C@@H](c4ccc(Sc6cccc(NC(=O)CCOCCOCCOCCOCCN7C(=O)C=CC7=O)c6)cc4)O[C@]12C(=O)CO)[C@]35F. The van der Waals surface area contributed by atoms with Crippen molar-refractivity contribution in [1.82, 2.24) is 4.90 Å². The topological polar surface area (TPSA) is 185 Å². The molecule has 2 saturated heterocycles. The van der Waals surface area contributed by atoms with Gasteiger partial charge in [-0.05, 0) is 73.7 Å². The molecule has 9 rings (SSSR count). The number of alkyl halides is 2. The number of rotatable bonds is 21. The molecule has 3 saturated carbocycles. The van der Waals surface area contributed by atoms with Crippen LogP contribution in [0, 0.1) is 17.3 Å². The summed E-state index contributed by atoms with van der Waals surface area (Å²) in [6.45, 7) is 3.72. The Morgan fingerprint density at radius 3 is 2.23 bits per heavy atom. The van der Waals surface area contributed by atoms with Crippen LogP contribution in [-0.2, 0) is 57.1 Å². The molecule has 1 unspecified atom stereocenters. The van der Waals surface area contributed by atoms with Gasteiger partial charge >= 0.3 is 0 Å². The highest BCUT2D eigenvalue weighted by Crippen LogP contribution is 2.75. The fraction of sp³-hybridized carbons (Fsp3) is 0.521. The number of hydrogen-bond donors (Lipinski definition) is 2. The van der Waals surface area contributed by atoms with Gasteiger partial charge in [-0.2, -0.15) is 0 Å². The van der Waals surface area contributed by atoms with Crippen LogP contribution in [-0.4, -0.2) is 141 Å². The number of aliphatic hydroxyl groups is 1. The summed E-state index contributed by atoms with van der Waals surface area (Å²) in [7, 11) is 0. The third-order valence-corrected chi connectivity index (χ3v) is 15.2. The monoisotopic (exact) mass is 934 g/mol. The van der Waals surface area contributed by atoms with E-state index in [9.17, 15) is 29.1 Å². The molecule has 352 valence electrons. The minimum atomic E-state index is -1.98. The molecule has 3 heterocycles. The van der Waals surface area contributed by atoms with E-state index in [2.05, 4.69) is 5.32 Å². The molecule has 1 spiro atoms. The van der Waals surface area contributed by atoms with Gasteiger partial charge in [0.2, 0.25) is 5.91 Å². The van der Waals surface area contributed by atoms with E-state index >= 15 is 8.78 Å². The lowest BCUT2D eigenvalue weighted by atomic mass is 9.44. The fourth-order valence-electron chi connectivity index (χ4n) is 11.2. The van der Waals surface area contributed by atoms with Gasteiger partial charge in [0.25, 0.3) is 11.8 Å². The van der Waals surface area contributed by atoms with Gasteiger partial charge in [0.05, 0.1) is 78.0 Å². The standard InChI is InChI=1S/C48H52F2N2O13S/c1-45-27-40-47(50)35(25-37(49)36-24-31(54)11-13-46(36,47)64-40)34(45)26-39-48(45,38(55)28-53)65-44(63-39)29-5-7-32(8-6-29)66-33-4-2-3-30(23-33)51-41(56)12-15-59-17-19-61-21-22-62-20-18-60-16-14-52-42(57)9-10-43(52)58/h2-11,13,23-24,34-35,37,39-40,44,53H,12,14-22,25-28H2,1H3,(H,51,56)/t34?,35-,37-,39+,40-,44+,45-,46+,47-,48+/m0/s1. The zero-order valence-corrected chi connectivity index (χ0v) is 37.1. The van der Waals surface area contributed by atoms with E-state index in [-0.39, 0.29) is 68.7 Å². The van der Waals surface area contributed by atoms with Crippen molar-refractivity contribution < 1.29 is 71.0 Å². The minimum absolute atomic E-state index is 0.0182. The number of ether oxygens (including phenoxy) is 7. The number of carbonyl (C=O) groups is 5. The van der Waals surface area contributed by atoms with Crippen molar-refractivity contribution in [3.8, 4) is 0 Å². The summed E-state index contributed by atoms with van der Waals surface area (Å²) in [5.41, 5.74) is -5.02. The number of amides is 3. The Hall–Kier alpha value is -4.50. The minimum Gasteiger partial charge on any atom is -0.388 e. The number of allylic oxidation sites excluding steroid dienone is 2. The molecule has 3 aliphatic heterocycles. The highest BCUT2D eigenvalue weighted by molar-refractivity contribution is 7.99. The second-order valence-corrected chi connectivity index (χ2v) is 18.9. The van der Waals surface area contributed by atoms with E-state index in [0.29, 0.717) is 50.9 Å². The summed E-state index contributed by atoms with van der Waals surface area (Å²) in [6.07, 6.45) is 2.17. The van der Waals surface area contributed by atoms with E-state index in [1.165, 1.54) is 36.1 Å². The summed E-state index contributed by atoms with van der Waals surface area (Å²) >= 11 is 1.48. The number of ketones is 2. The summed E-state index contributed by atoms with van der Waals surface area (Å²) in [5.74, 6) is -3.22. The summed E-state index contributed by atoms with van der Waals surface area (Å²) in [4.78, 5) is 64.6. The van der Waals surface area contributed by atoms with Crippen LogP contribution in [0.5, 0.6) is 0 Å². The largest absolute Gasteiger partial charge is 0.388 e. The lowest BCUT2D eigenvalue weighted by Gasteiger charge is -2.71. The van der Waals surface area contributed by atoms with Crippen molar-refractivity contribution in [1.29, 1.82) is 0 Å². The molecule has 3 amide bonds. The highest BCUT2D eigenvalue weighted by Gasteiger charge is 2.85. The predicted molar refractivity (Wildman–Crippen MR) is 230 cm³/mol. The molecule has 18 heteroatoms. The maximum absolute atomic E-state index is 17.5. The van der Waals surface area contributed by atoms with Crippen molar-refractivity contribution in [2.24, 2.45) is 17.3 Å². The van der Waals surface area contributed by atoms with Crippen LogP contribution in [0.1, 0.15) is 44.5 Å². The van der Waals surface area contributed by atoms with Crippen molar-refractivity contribution in [2.45, 2.75) is 83.9 Å². The second kappa shape index (κ2) is 18.9. The van der Waals surface area contributed by atoms with Crippen molar-refractivity contribution in [3.63, 3.8) is 0 Å². The van der Waals surface area contributed by atoms with Crippen molar-refractivity contribution >= 4 is 46.7 Å². The molecule has 2 N–H and O–H groups in total. The number of imide groups is 1. The van der Waals surface area contributed by atoms with Crippen LogP contribution in [0.4, 0.5) is 14.5 Å². The summed E-state index contributed by atoms with van der Waals surface area (Å²) in [5, 5.41) is 13.2. The first-order valence-corrected chi connectivity index (χ1v) is 23.1. The molecule has 0 bridgehead atoms. The van der Waals surface area contributed by atoms with Gasteiger partial charge in [0, 0.05) is 50.1 Å². The van der Waals surface area contributed by atoms with E-state index in [4.69, 9.17) is 33.2 Å². The number of carbonyl (C=O) groups excluding carboxylic acids is 5. The molecule has 15 nitrogen and oxygen atoms in total. The van der Waals surface area contributed by atoms with Gasteiger partial charge in [-0.15, -0.1) is 0 Å². The molecule has 2 aromatic rings. The van der Waals surface area contributed by atoms with Gasteiger partial charge in [-0.25, -0.2) is 8.78 Å². The number of hydrogen-bond acceptors (Lipinski definition) is 14. The van der Waals surface area contributed by atoms with Crippen LogP contribution >= 0.6 is 11.8 Å². The van der Waals surface area contributed by atoms with Crippen molar-refractivity contribution in [2.75, 3.05) is 71.3 Å². The maximum atomic E-state index is 17.5. The molecule has 4 aliphatic carbocycles. The molecule has 10 atom stereocenters. The Labute approximate surface area is 384 Å². The lowest BCUT2D eigenvalue weighted by molar-refractivity contribution is -0.360. The molecular formula is C48H52F2N2O13S. The third kappa shape index (κ3) is 8.11. The van der Waals surface area contributed by atoms with Gasteiger partial charge < -0.3 is 43.6 Å². The Bertz CT molecular complexity index is 2310. The van der Waals surface area contributed by atoms with E-state index < -0.39 is 77.0 Å². The Balaban J connectivity index is 0.708. The number of fused-ring (bicyclic) bond motifs is 4. The van der Waals surface area contributed by atoms with Crippen LogP contribution in [0.15, 0.2) is 94.3 Å². The zero-order valence-electron chi connectivity index (χ0n) is 36.3. The number of aliphatic hydroxyl groups excluding tert-OH is 1. The number of benzene rings is 2. The molecule has 7 aliphatic rings. The molecule has 5 fully saturated rings. The normalized spacial score (nSPS) is 33.5. The highest BCUT2D eigenvalue weighted by atomic mass is 32.2. The number of anilines is 1.